The van der Waals surface area contributed by atoms with Gasteiger partial charge in [-0.15, -0.1) is 11.8 Å². The summed E-state index contributed by atoms with van der Waals surface area (Å²) in [7, 11) is 0. The lowest BCUT2D eigenvalue weighted by Gasteiger charge is -2.31. The molecule has 1 aliphatic rings. The van der Waals surface area contributed by atoms with E-state index in [1.165, 1.54) is 16.0 Å². The quantitative estimate of drug-likeness (QED) is 0.794. The Morgan fingerprint density at radius 2 is 1.90 bits per heavy atom. The van der Waals surface area contributed by atoms with Crippen LogP contribution in [0.25, 0.3) is 0 Å². The van der Waals surface area contributed by atoms with Crippen LogP contribution in [0.3, 0.4) is 0 Å². The average molecular weight is 349 g/mol. The van der Waals surface area contributed by atoms with Gasteiger partial charge in [-0.3, -0.25) is 0 Å². The molecule has 2 aromatic carbocycles. The standard InChI is InChI=1S/C17H17BrOS/c18-14-5-7-16(8-6-14)20-11-15(19)10-13-9-12-3-1-2-4-17(12)13/h1-8,13,15,19H,9-11H2. The first-order valence-electron chi connectivity index (χ1n) is 6.86. The van der Waals surface area contributed by atoms with Crippen molar-refractivity contribution in [1.82, 2.24) is 0 Å². The first-order chi connectivity index (χ1) is 9.72. The number of hydrogen-bond donors (Lipinski definition) is 1. The number of thioether (sulfide) groups is 1. The molecule has 0 bridgehead atoms. The van der Waals surface area contributed by atoms with Gasteiger partial charge in [-0.05, 0) is 54.2 Å². The highest BCUT2D eigenvalue weighted by atomic mass is 79.9. The van der Waals surface area contributed by atoms with Crippen molar-refractivity contribution in [2.45, 2.75) is 29.8 Å². The number of aliphatic hydroxyl groups is 1. The molecule has 104 valence electrons. The van der Waals surface area contributed by atoms with Crippen molar-refractivity contribution in [3.8, 4) is 0 Å². The summed E-state index contributed by atoms with van der Waals surface area (Å²) in [5, 5.41) is 10.2. The molecule has 3 heteroatoms. The molecular formula is C17H17BrOS. The molecule has 0 spiro atoms. The molecule has 1 aliphatic carbocycles. The van der Waals surface area contributed by atoms with E-state index < -0.39 is 0 Å². The zero-order chi connectivity index (χ0) is 13.9. The normalized spacial score (nSPS) is 18.2. The second-order valence-corrected chi connectivity index (χ2v) is 7.26. The smallest absolute Gasteiger partial charge is 0.0640 e. The predicted octanol–water partition coefficient (Wildman–Crippen LogP) is 4.63. The highest BCUT2D eigenvalue weighted by Crippen LogP contribution is 2.38. The zero-order valence-corrected chi connectivity index (χ0v) is 13.5. The Kier molecular flexibility index (Phi) is 4.49. The van der Waals surface area contributed by atoms with E-state index in [0.717, 1.165) is 23.1 Å². The van der Waals surface area contributed by atoms with Crippen molar-refractivity contribution < 1.29 is 5.11 Å². The van der Waals surface area contributed by atoms with Crippen molar-refractivity contribution in [2.75, 3.05) is 5.75 Å². The molecule has 1 N–H and O–H groups in total. The highest BCUT2D eigenvalue weighted by molar-refractivity contribution is 9.10. The molecule has 0 saturated heterocycles. The summed E-state index contributed by atoms with van der Waals surface area (Å²) in [6.45, 7) is 0. The van der Waals surface area contributed by atoms with Gasteiger partial charge in [0, 0.05) is 15.1 Å². The van der Waals surface area contributed by atoms with Crippen LogP contribution in [-0.2, 0) is 6.42 Å². The van der Waals surface area contributed by atoms with E-state index >= 15 is 0 Å². The summed E-state index contributed by atoms with van der Waals surface area (Å²) in [6.07, 6.45) is 1.76. The second-order valence-electron chi connectivity index (χ2n) is 5.25. The van der Waals surface area contributed by atoms with Crippen molar-refractivity contribution in [1.29, 1.82) is 0 Å². The molecule has 0 aromatic heterocycles. The van der Waals surface area contributed by atoms with E-state index in [1.807, 2.05) is 12.1 Å². The van der Waals surface area contributed by atoms with E-state index in [-0.39, 0.29) is 6.10 Å². The summed E-state index contributed by atoms with van der Waals surface area (Å²) in [6, 6.07) is 16.8. The molecule has 0 saturated carbocycles. The maximum Gasteiger partial charge on any atom is 0.0640 e. The molecule has 2 aromatic rings. The fraction of sp³-hybridized carbons (Fsp3) is 0.294. The minimum absolute atomic E-state index is 0.234. The van der Waals surface area contributed by atoms with Gasteiger partial charge in [0.1, 0.15) is 0 Å². The summed E-state index contributed by atoms with van der Waals surface area (Å²) in [5.74, 6) is 1.31. The lowest BCUT2D eigenvalue weighted by Crippen LogP contribution is -2.23. The number of benzene rings is 2. The number of fused-ring (bicyclic) bond motifs is 1. The third-order valence-electron chi connectivity index (χ3n) is 3.77. The Bertz CT molecular complexity index is 582. The molecule has 3 rings (SSSR count). The number of hydrogen-bond acceptors (Lipinski definition) is 2. The second kappa shape index (κ2) is 6.33. The minimum atomic E-state index is -0.234. The average Bonchev–Trinajstić information content (AvgIpc) is 2.44. The fourth-order valence-corrected chi connectivity index (χ4v) is 3.81. The SMILES string of the molecule is OC(CSc1ccc(Br)cc1)CC1Cc2ccccc21. The highest BCUT2D eigenvalue weighted by Gasteiger charge is 2.27. The van der Waals surface area contributed by atoms with Crippen molar-refractivity contribution >= 4 is 27.7 Å². The van der Waals surface area contributed by atoms with Crippen LogP contribution in [-0.4, -0.2) is 17.0 Å². The van der Waals surface area contributed by atoms with Gasteiger partial charge >= 0.3 is 0 Å². The van der Waals surface area contributed by atoms with Gasteiger partial charge in [0.15, 0.2) is 0 Å². The van der Waals surface area contributed by atoms with Crippen LogP contribution in [0.2, 0.25) is 0 Å². The van der Waals surface area contributed by atoms with Crippen LogP contribution in [0, 0.1) is 0 Å². The third kappa shape index (κ3) is 3.27. The first kappa shape index (κ1) is 14.2. The van der Waals surface area contributed by atoms with Crippen molar-refractivity contribution in [3.05, 3.63) is 64.1 Å². The number of aliphatic hydroxyl groups excluding tert-OH is 1. The summed E-state index contributed by atoms with van der Waals surface area (Å²) >= 11 is 5.16. The number of rotatable bonds is 5. The molecule has 0 radical (unpaired) electrons. The third-order valence-corrected chi connectivity index (χ3v) is 5.46. The van der Waals surface area contributed by atoms with Gasteiger partial charge < -0.3 is 5.11 Å². The Balaban J connectivity index is 1.49. The van der Waals surface area contributed by atoms with E-state index in [9.17, 15) is 5.11 Å². The Labute approximate surface area is 132 Å². The topological polar surface area (TPSA) is 20.2 Å². The van der Waals surface area contributed by atoms with Gasteiger partial charge in [-0.2, -0.15) is 0 Å². The van der Waals surface area contributed by atoms with Gasteiger partial charge in [0.25, 0.3) is 0 Å². The molecule has 0 fully saturated rings. The Hall–Kier alpha value is -0.770. The van der Waals surface area contributed by atoms with Gasteiger partial charge in [-0.1, -0.05) is 40.2 Å². The van der Waals surface area contributed by atoms with Crippen molar-refractivity contribution in [3.63, 3.8) is 0 Å². The van der Waals surface area contributed by atoms with Crippen LogP contribution in [0.4, 0.5) is 0 Å². The fourth-order valence-electron chi connectivity index (χ4n) is 2.69. The van der Waals surface area contributed by atoms with E-state index in [1.54, 1.807) is 11.8 Å². The Morgan fingerprint density at radius 3 is 2.65 bits per heavy atom. The molecule has 2 unspecified atom stereocenters. The molecule has 2 atom stereocenters. The van der Waals surface area contributed by atoms with Gasteiger partial charge in [0.2, 0.25) is 0 Å². The molecule has 0 amide bonds. The van der Waals surface area contributed by atoms with Crippen molar-refractivity contribution in [2.24, 2.45) is 0 Å². The van der Waals surface area contributed by atoms with Gasteiger partial charge in [-0.25, -0.2) is 0 Å². The number of halogens is 1. The van der Waals surface area contributed by atoms with E-state index in [4.69, 9.17) is 0 Å². The van der Waals surface area contributed by atoms with Crippen LogP contribution in [0.1, 0.15) is 23.5 Å². The maximum atomic E-state index is 10.2. The molecule has 0 heterocycles. The summed E-state index contributed by atoms with van der Waals surface area (Å²) in [5.41, 5.74) is 2.88. The monoisotopic (exact) mass is 348 g/mol. The van der Waals surface area contributed by atoms with Crippen LogP contribution in [0.5, 0.6) is 0 Å². The van der Waals surface area contributed by atoms with Crippen LogP contribution >= 0.6 is 27.7 Å². The predicted molar refractivity (Wildman–Crippen MR) is 88.4 cm³/mol. The minimum Gasteiger partial charge on any atom is -0.392 e. The zero-order valence-electron chi connectivity index (χ0n) is 11.1. The van der Waals surface area contributed by atoms with Gasteiger partial charge in [0.05, 0.1) is 6.10 Å². The summed E-state index contributed by atoms with van der Waals surface area (Å²) < 4.78 is 1.09. The first-order valence-corrected chi connectivity index (χ1v) is 8.64. The van der Waals surface area contributed by atoms with E-state index in [0.29, 0.717) is 5.92 Å². The maximum absolute atomic E-state index is 10.2. The molecule has 1 nitrogen and oxygen atoms in total. The van der Waals surface area contributed by atoms with Crippen LogP contribution in [0.15, 0.2) is 57.9 Å². The molecule has 0 aliphatic heterocycles. The Morgan fingerprint density at radius 1 is 1.15 bits per heavy atom. The molecular weight excluding hydrogens is 332 g/mol. The van der Waals surface area contributed by atoms with E-state index in [2.05, 4.69) is 52.3 Å². The largest absolute Gasteiger partial charge is 0.392 e. The summed E-state index contributed by atoms with van der Waals surface area (Å²) in [4.78, 5) is 1.21. The lowest BCUT2D eigenvalue weighted by atomic mass is 9.75. The lowest BCUT2D eigenvalue weighted by molar-refractivity contribution is 0.175. The van der Waals surface area contributed by atoms with Crippen LogP contribution < -0.4 is 0 Å². The molecule has 20 heavy (non-hydrogen) atoms.